The molecule has 0 fully saturated rings. The summed E-state index contributed by atoms with van der Waals surface area (Å²) in [5, 5.41) is -2.52. The normalized spacial score (nSPS) is 13.0. The van der Waals surface area contributed by atoms with Crippen molar-refractivity contribution in [2.24, 2.45) is 0 Å². The maximum absolute atomic E-state index is 12.2. The second-order valence-electron chi connectivity index (χ2n) is 5.49. The molecule has 0 aromatic rings. The Morgan fingerprint density at radius 3 is 1.50 bits per heavy atom. The molecular formula is C14H12F6N2O12S2. The third kappa shape index (κ3) is 13.7. The Bertz CT molecular complexity index is 813. The Balaban J connectivity index is 5.14. The first kappa shape index (κ1) is 32.9. The van der Waals surface area contributed by atoms with Crippen molar-refractivity contribution < 1.29 is 82.6 Å². The molecule has 204 valence electrons. The monoisotopic (exact) mass is 578 g/mol. The van der Waals surface area contributed by atoms with Crippen LogP contribution in [0.4, 0.5) is 26.3 Å². The van der Waals surface area contributed by atoms with Gasteiger partial charge in [0.1, 0.15) is 0 Å². The number of carbonyl (C=O) groups is 7. The summed E-state index contributed by atoms with van der Waals surface area (Å²) in [6.07, 6.45) is -11.2. The van der Waals surface area contributed by atoms with Crippen LogP contribution in [0.1, 0.15) is 13.8 Å². The number of hydrogen-bond donors (Lipinski definition) is 2. The lowest BCUT2D eigenvalue weighted by molar-refractivity contribution is -0.202. The molecule has 0 aromatic carbocycles. The average molecular weight is 578 g/mol. The van der Waals surface area contributed by atoms with Crippen LogP contribution >= 0.6 is 24.1 Å². The van der Waals surface area contributed by atoms with E-state index in [1.54, 1.807) is 0 Å². The van der Waals surface area contributed by atoms with E-state index in [9.17, 15) is 59.9 Å². The second-order valence-corrected chi connectivity index (χ2v) is 7.15. The molecule has 0 bridgehead atoms. The van der Waals surface area contributed by atoms with Crippen LogP contribution in [0.15, 0.2) is 0 Å². The Morgan fingerprint density at radius 1 is 0.722 bits per heavy atom. The predicted molar refractivity (Wildman–Crippen MR) is 97.8 cm³/mol. The maximum Gasteiger partial charge on any atom is 0.491 e. The Kier molecular flexibility index (Phi) is 13.2. The first-order valence-corrected chi connectivity index (χ1v) is 9.97. The van der Waals surface area contributed by atoms with E-state index < -0.39 is 71.4 Å². The number of halogens is 6. The summed E-state index contributed by atoms with van der Waals surface area (Å²) >= 11 is -0.431. The third-order valence-electron chi connectivity index (χ3n) is 2.51. The minimum absolute atomic E-state index is 0.181. The van der Waals surface area contributed by atoms with Crippen molar-refractivity contribution in [3.05, 3.63) is 0 Å². The Labute approximate surface area is 203 Å². The molecule has 0 radical (unpaired) electrons. The van der Waals surface area contributed by atoms with Gasteiger partial charge in [-0.2, -0.15) is 26.3 Å². The van der Waals surface area contributed by atoms with Crippen LogP contribution in [-0.2, 0) is 56.2 Å². The number of hydrogen-bond acceptors (Lipinski definition) is 16. The topological polar surface area (TPSA) is 190 Å². The number of carbonyl (C=O) groups excluding carboxylic acids is 7. The second kappa shape index (κ2) is 14.4. The van der Waals surface area contributed by atoms with Crippen molar-refractivity contribution in [1.29, 1.82) is 0 Å². The highest BCUT2D eigenvalue weighted by Gasteiger charge is 2.45. The Hall–Kier alpha value is -3.11. The van der Waals surface area contributed by atoms with Gasteiger partial charge in [-0.1, -0.05) is 0 Å². The standard InChI is InChI=1S/C14H12F6N2O12S2/c1-4(23)33-35-7(9(26)30-11(28)13(15,16)17)21-3-6(25)32-22-8(36-34-5(2)24)10(27)31-12(29)14(18,19)20/h7-8,21-22H,3H2,1-2H3. The fourth-order valence-corrected chi connectivity index (χ4v) is 2.19. The van der Waals surface area contributed by atoms with Gasteiger partial charge < -0.3 is 22.7 Å². The van der Waals surface area contributed by atoms with Gasteiger partial charge in [-0.05, 0) is 0 Å². The fraction of sp³-hybridized carbons (Fsp3) is 0.500. The zero-order valence-electron chi connectivity index (χ0n) is 17.3. The number of ether oxygens (including phenoxy) is 2. The van der Waals surface area contributed by atoms with Crippen molar-refractivity contribution in [3.8, 4) is 0 Å². The van der Waals surface area contributed by atoms with Gasteiger partial charge in [0.15, 0.2) is 5.37 Å². The summed E-state index contributed by atoms with van der Waals surface area (Å²) in [5.41, 5.74) is 1.48. The van der Waals surface area contributed by atoms with E-state index in [0.29, 0.717) is 0 Å². The maximum atomic E-state index is 12.2. The van der Waals surface area contributed by atoms with E-state index in [1.807, 2.05) is 5.32 Å². The molecule has 0 rings (SSSR count). The van der Waals surface area contributed by atoms with Crippen LogP contribution in [0.25, 0.3) is 0 Å². The van der Waals surface area contributed by atoms with E-state index in [0.717, 1.165) is 13.8 Å². The molecule has 0 amide bonds. The average Bonchev–Trinajstić information content (AvgIpc) is 2.71. The largest absolute Gasteiger partial charge is 0.491 e. The minimum atomic E-state index is -5.59. The van der Waals surface area contributed by atoms with Gasteiger partial charge in [0.05, 0.1) is 30.6 Å². The van der Waals surface area contributed by atoms with Gasteiger partial charge in [0, 0.05) is 13.8 Å². The summed E-state index contributed by atoms with van der Waals surface area (Å²) in [4.78, 5) is 82.5. The molecule has 2 N–H and O–H groups in total. The molecule has 0 aliphatic rings. The molecule has 0 saturated carbocycles. The number of alkyl halides is 6. The highest BCUT2D eigenvalue weighted by atomic mass is 32.2. The molecule has 0 heterocycles. The van der Waals surface area contributed by atoms with Crippen molar-refractivity contribution in [2.75, 3.05) is 6.54 Å². The number of rotatable bonds is 11. The van der Waals surface area contributed by atoms with Crippen LogP contribution in [0.5, 0.6) is 0 Å². The molecule has 0 aromatic heterocycles. The van der Waals surface area contributed by atoms with Gasteiger partial charge in [-0.25, -0.2) is 24.0 Å². The van der Waals surface area contributed by atoms with Crippen molar-refractivity contribution in [1.82, 2.24) is 10.8 Å². The molecule has 22 heteroatoms. The van der Waals surface area contributed by atoms with E-state index in [-0.39, 0.29) is 24.1 Å². The smallest absolute Gasteiger partial charge is 0.389 e. The highest BCUT2D eigenvalue weighted by Crippen LogP contribution is 2.20. The van der Waals surface area contributed by atoms with E-state index >= 15 is 0 Å². The minimum Gasteiger partial charge on any atom is -0.389 e. The van der Waals surface area contributed by atoms with Gasteiger partial charge in [-0.15, -0.1) is 5.48 Å². The van der Waals surface area contributed by atoms with Gasteiger partial charge in [-0.3, -0.25) is 14.9 Å². The SMILES string of the molecule is CC(=O)OSC(NCC(=O)ONC(SOC(C)=O)C(=O)OC(=O)C(F)(F)F)C(=O)OC(=O)C(F)(F)F. The van der Waals surface area contributed by atoms with Crippen molar-refractivity contribution in [2.45, 2.75) is 36.9 Å². The zero-order chi connectivity index (χ0) is 28.3. The van der Waals surface area contributed by atoms with E-state index in [2.05, 4.69) is 22.7 Å². The van der Waals surface area contributed by atoms with Gasteiger partial charge in [0.2, 0.25) is 5.37 Å². The summed E-state index contributed by atoms with van der Waals surface area (Å²) in [6.45, 7) is 0.455. The number of esters is 4. The van der Waals surface area contributed by atoms with E-state index in [4.69, 9.17) is 0 Å². The molecule has 14 nitrogen and oxygen atoms in total. The van der Waals surface area contributed by atoms with Crippen LogP contribution in [0, 0.1) is 0 Å². The van der Waals surface area contributed by atoms with Crippen LogP contribution in [-0.4, -0.2) is 71.4 Å². The molecule has 0 saturated heterocycles. The lowest BCUT2D eigenvalue weighted by atomic mass is 10.5. The first-order valence-electron chi connectivity index (χ1n) is 8.36. The molecule has 2 atom stereocenters. The lowest BCUT2D eigenvalue weighted by Crippen LogP contribution is -2.44. The predicted octanol–water partition coefficient (Wildman–Crippen LogP) is -0.0372. The van der Waals surface area contributed by atoms with Crippen LogP contribution < -0.4 is 10.8 Å². The van der Waals surface area contributed by atoms with Crippen LogP contribution in [0.2, 0.25) is 0 Å². The highest BCUT2D eigenvalue weighted by molar-refractivity contribution is 7.96. The fourth-order valence-electron chi connectivity index (χ4n) is 1.23. The summed E-state index contributed by atoms with van der Waals surface area (Å²) in [5.74, 6) is -13.6. The molecule has 0 spiro atoms. The number of hydroxylamine groups is 1. The van der Waals surface area contributed by atoms with Gasteiger partial charge >= 0.3 is 54.1 Å². The first-order chi connectivity index (χ1) is 16.3. The zero-order valence-corrected chi connectivity index (χ0v) is 19.0. The third-order valence-corrected chi connectivity index (χ3v) is 4.21. The lowest BCUT2D eigenvalue weighted by Gasteiger charge is -2.17. The molecule has 36 heavy (non-hydrogen) atoms. The quantitative estimate of drug-likeness (QED) is 0.0631. The molecule has 0 aliphatic heterocycles. The summed E-state index contributed by atoms with van der Waals surface area (Å²) < 4.78 is 88.8. The van der Waals surface area contributed by atoms with Crippen LogP contribution in [0.3, 0.4) is 0 Å². The van der Waals surface area contributed by atoms with E-state index in [1.165, 1.54) is 5.48 Å². The number of nitrogens with one attached hydrogen (secondary N) is 2. The summed E-state index contributed by atoms with van der Waals surface area (Å²) in [6, 6.07) is 0. The molecular weight excluding hydrogens is 566 g/mol. The van der Waals surface area contributed by atoms with Gasteiger partial charge in [0.25, 0.3) is 0 Å². The van der Waals surface area contributed by atoms with Crippen molar-refractivity contribution in [3.63, 3.8) is 0 Å². The summed E-state index contributed by atoms with van der Waals surface area (Å²) in [7, 11) is 0. The van der Waals surface area contributed by atoms with Crippen molar-refractivity contribution >= 4 is 65.9 Å². The molecule has 0 aliphatic carbocycles. The molecule has 2 unspecified atom stereocenters. The Morgan fingerprint density at radius 2 is 1.11 bits per heavy atom.